The van der Waals surface area contributed by atoms with Crippen molar-refractivity contribution >= 4 is 11.9 Å². The van der Waals surface area contributed by atoms with Gasteiger partial charge in [0, 0.05) is 18.2 Å². The molecule has 98 valence electrons. The number of hydrazone groups is 1. The molecule has 0 saturated carbocycles. The van der Waals surface area contributed by atoms with E-state index in [1.54, 1.807) is 6.21 Å². The van der Waals surface area contributed by atoms with E-state index in [1.807, 2.05) is 37.3 Å². The lowest BCUT2D eigenvalue weighted by atomic mass is 10.0. The van der Waals surface area contributed by atoms with Gasteiger partial charge in [0.15, 0.2) is 5.82 Å². The number of halogens is 2. The Morgan fingerprint density at radius 1 is 1.11 bits per heavy atom. The molecule has 1 atom stereocenters. The van der Waals surface area contributed by atoms with Crippen molar-refractivity contribution in [2.75, 3.05) is 5.43 Å². The summed E-state index contributed by atoms with van der Waals surface area (Å²) in [5.74, 6) is -1.16. The molecule has 0 aromatic heterocycles. The second kappa shape index (κ2) is 6.09. The number of nitrogens with one attached hydrogen (secondary N) is 1. The average Bonchev–Trinajstić information content (AvgIpc) is 2.42. The summed E-state index contributed by atoms with van der Waals surface area (Å²) < 4.78 is 26.0. The van der Waals surface area contributed by atoms with E-state index in [9.17, 15) is 8.78 Å². The summed E-state index contributed by atoms with van der Waals surface area (Å²) >= 11 is 0. The van der Waals surface area contributed by atoms with Crippen LogP contribution in [0.25, 0.3) is 0 Å². The number of hydrogen-bond donors (Lipinski definition) is 1. The lowest BCUT2D eigenvalue weighted by Gasteiger charge is -2.06. The van der Waals surface area contributed by atoms with Gasteiger partial charge in [-0.3, -0.25) is 5.43 Å². The first-order valence-electron chi connectivity index (χ1n) is 5.96. The van der Waals surface area contributed by atoms with Crippen molar-refractivity contribution in [2.45, 2.75) is 12.8 Å². The SMILES string of the molecule is C[C@@H](/C=N\Nc1ccc(F)cc1F)c1ccccc1. The maximum Gasteiger partial charge on any atom is 0.151 e. The third-order valence-electron chi connectivity index (χ3n) is 2.74. The fraction of sp³-hybridized carbons (Fsp3) is 0.133. The summed E-state index contributed by atoms with van der Waals surface area (Å²) in [5.41, 5.74) is 3.84. The Kier molecular flexibility index (Phi) is 4.23. The molecule has 2 nitrogen and oxygen atoms in total. The molecular weight excluding hydrogens is 246 g/mol. The summed E-state index contributed by atoms with van der Waals surface area (Å²) in [6.07, 6.45) is 1.68. The normalized spacial score (nSPS) is 12.6. The van der Waals surface area contributed by atoms with Gasteiger partial charge in [0.05, 0.1) is 5.69 Å². The minimum absolute atomic E-state index is 0.109. The minimum atomic E-state index is -0.662. The zero-order valence-electron chi connectivity index (χ0n) is 10.5. The molecule has 4 heteroatoms. The number of nitrogens with zero attached hydrogens (tertiary/aromatic N) is 1. The summed E-state index contributed by atoms with van der Waals surface area (Å²) in [4.78, 5) is 0. The van der Waals surface area contributed by atoms with Crippen LogP contribution in [0.3, 0.4) is 0 Å². The van der Waals surface area contributed by atoms with Crippen LogP contribution >= 0.6 is 0 Å². The Hall–Kier alpha value is -2.23. The Morgan fingerprint density at radius 3 is 2.53 bits per heavy atom. The standard InChI is InChI=1S/C15H14F2N2/c1-11(12-5-3-2-4-6-12)10-18-19-15-8-7-13(16)9-14(15)17/h2-11,19H,1H3/b18-10-/t11-/m0/s1. The summed E-state index contributed by atoms with van der Waals surface area (Å²) in [7, 11) is 0. The fourth-order valence-corrected chi connectivity index (χ4v) is 1.64. The van der Waals surface area contributed by atoms with E-state index in [0.717, 1.165) is 11.6 Å². The number of hydrogen-bond acceptors (Lipinski definition) is 2. The molecule has 0 saturated heterocycles. The zero-order chi connectivity index (χ0) is 13.7. The minimum Gasteiger partial charge on any atom is -0.276 e. The molecule has 0 aliphatic rings. The summed E-state index contributed by atoms with van der Waals surface area (Å²) in [5, 5.41) is 3.97. The predicted molar refractivity (Wildman–Crippen MR) is 73.3 cm³/mol. The molecule has 0 spiro atoms. The van der Waals surface area contributed by atoms with Crippen LogP contribution < -0.4 is 5.43 Å². The monoisotopic (exact) mass is 260 g/mol. The van der Waals surface area contributed by atoms with Crippen molar-refractivity contribution in [3.63, 3.8) is 0 Å². The topological polar surface area (TPSA) is 24.4 Å². The smallest absolute Gasteiger partial charge is 0.151 e. The molecule has 0 bridgehead atoms. The maximum atomic E-state index is 13.3. The van der Waals surface area contributed by atoms with Crippen molar-refractivity contribution in [2.24, 2.45) is 5.10 Å². The van der Waals surface area contributed by atoms with E-state index in [4.69, 9.17) is 0 Å². The molecule has 19 heavy (non-hydrogen) atoms. The van der Waals surface area contributed by atoms with Gasteiger partial charge in [-0.25, -0.2) is 8.78 Å². The van der Waals surface area contributed by atoms with Gasteiger partial charge in [-0.2, -0.15) is 5.10 Å². The highest BCUT2D eigenvalue weighted by molar-refractivity contribution is 5.68. The first-order chi connectivity index (χ1) is 9.16. The number of anilines is 1. The largest absolute Gasteiger partial charge is 0.276 e. The van der Waals surface area contributed by atoms with Crippen molar-refractivity contribution < 1.29 is 8.78 Å². The molecule has 2 rings (SSSR count). The van der Waals surface area contributed by atoms with Gasteiger partial charge in [0.2, 0.25) is 0 Å². The molecule has 2 aromatic rings. The van der Waals surface area contributed by atoms with E-state index in [1.165, 1.54) is 12.1 Å². The van der Waals surface area contributed by atoms with E-state index in [2.05, 4.69) is 10.5 Å². The van der Waals surface area contributed by atoms with Crippen molar-refractivity contribution in [3.8, 4) is 0 Å². The van der Waals surface area contributed by atoms with Crippen LogP contribution in [0.1, 0.15) is 18.4 Å². The molecule has 0 amide bonds. The second-order valence-electron chi connectivity index (χ2n) is 4.21. The van der Waals surface area contributed by atoms with Crippen molar-refractivity contribution in [1.82, 2.24) is 0 Å². The van der Waals surface area contributed by atoms with E-state index in [0.29, 0.717) is 0 Å². The van der Waals surface area contributed by atoms with Gasteiger partial charge in [-0.05, 0) is 17.7 Å². The van der Waals surface area contributed by atoms with E-state index < -0.39 is 11.6 Å². The lowest BCUT2D eigenvalue weighted by molar-refractivity contribution is 0.585. The van der Waals surface area contributed by atoms with Crippen LogP contribution in [0, 0.1) is 11.6 Å². The molecule has 0 unspecified atom stereocenters. The summed E-state index contributed by atoms with van der Waals surface area (Å²) in [6.45, 7) is 1.99. The Balaban J connectivity index is 2.00. The number of rotatable bonds is 4. The van der Waals surface area contributed by atoms with Crippen LogP contribution in [0.5, 0.6) is 0 Å². The molecule has 0 radical (unpaired) electrons. The van der Waals surface area contributed by atoms with Gasteiger partial charge in [-0.15, -0.1) is 0 Å². The molecule has 0 aliphatic carbocycles. The summed E-state index contributed by atoms with van der Waals surface area (Å²) in [6, 6.07) is 13.2. The highest BCUT2D eigenvalue weighted by atomic mass is 19.1. The Morgan fingerprint density at radius 2 is 1.84 bits per heavy atom. The van der Waals surface area contributed by atoms with Gasteiger partial charge < -0.3 is 0 Å². The molecule has 1 N–H and O–H groups in total. The van der Waals surface area contributed by atoms with Crippen LogP contribution in [0.4, 0.5) is 14.5 Å². The fourth-order valence-electron chi connectivity index (χ4n) is 1.64. The third kappa shape index (κ3) is 3.61. The van der Waals surface area contributed by atoms with E-state index in [-0.39, 0.29) is 11.6 Å². The number of benzene rings is 2. The Labute approximate surface area is 110 Å². The molecular formula is C15H14F2N2. The third-order valence-corrected chi connectivity index (χ3v) is 2.74. The lowest BCUT2D eigenvalue weighted by Crippen LogP contribution is -1.99. The van der Waals surface area contributed by atoms with Crippen LogP contribution in [0.2, 0.25) is 0 Å². The quantitative estimate of drug-likeness (QED) is 0.647. The van der Waals surface area contributed by atoms with Crippen LogP contribution in [-0.2, 0) is 0 Å². The average molecular weight is 260 g/mol. The van der Waals surface area contributed by atoms with Crippen LogP contribution in [0.15, 0.2) is 53.6 Å². The van der Waals surface area contributed by atoms with Gasteiger partial charge >= 0.3 is 0 Å². The van der Waals surface area contributed by atoms with E-state index >= 15 is 0 Å². The predicted octanol–water partition coefficient (Wildman–Crippen LogP) is 4.17. The first kappa shape index (κ1) is 13.2. The highest BCUT2D eigenvalue weighted by Gasteiger charge is 2.03. The van der Waals surface area contributed by atoms with Gasteiger partial charge in [0.25, 0.3) is 0 Å². The maximum absolute atomic E-state index is 13.3. The van der Waals surface area contributed by atoms with Crippen LogP contribution in [-0.4, -0.2) is 6.21 Å². The van der Waals surface area contributed by atoms with Gasteiger partial charge in [-0.1, -0.05) is 37.3 Å². The molecule has 2 aromatic carbocycles. The van der Waals surface area contributed by atoms with Crippen molar-refractivity contribution in [3.05, 3.63) is 65.7 Å². The second-order valence-corrected chi connectivity index (χ2v) is 4.21. The molecule has 0 fully saturated rings. The first-order valence-corrected chi connectivity index (χ1v) is 5.96. The molecule has 0 aliphatic heterocycles. The highest BCUT2D eigenvalue weighted by Crippen LogP contribution is 2.15. The molecule has 0 heterocycles. The zero-order valence-corrected chi connectivity index (χ0v) is 10.5. The van der Waals surface area contributed by atoms with Gasteiger partial charge in [0.1, 0.15) is 5.82 Å². The van der Waals surface area contributed by atoms with Crippen molar-refractivity contribution in [1.29, 1.82) is 0 Å². The Bertz CT molecular complexity index is 568.